The van der Waals surface area contributed by atoms with Crippen molar-refractivity contribution in [3.8, 4) is 11.5 Å². The minimum atomic E-state index is -0.177. The van der Waals surface area contributed by atoms with Crippen molar-refractivity contribution in [3.05, 3.63) is 23.8 Å². The Labute approximate surface area is 112 Å². The molecule has 0 radical (unpaired) electrons. The van der Waals surface area contributed by atoms with Crippen LogP contribution in [0.15, 0.2) is 18.2 Å². The Morgan fingerprint density at radius 2 is 2.28 bits per heavy atom. The van der Waals surface area contributed by atoms with E-state index in [1.165, 1.54) is 0 Å². The van der Waals surface area contributed by atoms with Crippen LogP contribution in [0, 0.1) is 5.92 Å². The third kappa shape index (κ3) is 3.05. The summed E-state index contributed by atoms with van der Waals surface area (Å²) in [7, 11) is 0. The molecule has 0 bridgehead atoms. The molecule has 0 aromatic heterocycles. The van der Waals surface area contributed by atoms with Gasteiger partial charge in [-0.25, -0.2) is 0 Å². The Morgan fingerprint density at radius 1 is 1.50 bits per heavy atom. The summed E-state index contributed by atoms with van der Waals surface area (Å²) in [5.41, 5.74) is 6.34. The molecule has 1 amide bonds. The highest BCUT2D eigenvalue weighted by Gasteiger charge is 2.18. The van der Waals surface area contributed by atoms with Crippen LogP contribution in [0.3, 0.4) is 0 Å². The fourth-order valence-electron chi connectivity index (χ4n) is 1.59. The standard InChI is InChI=1S/C12H16N2O3.ClH/c1-8(5-13)12(15)14-6-9-3-2-4-10-11(9)17-7-16-10;/h2-4,8H,5-7,13H2,1H3,(H,14,15);1H. The van der Waals surface area contributed by atoms with Crippen molar-refractivity contribution in [2.45, 2.75) is 13.5 Å². The maximum atomic E-state index is 11.6. The lowest BCUT2D eigenvalue weighted by Gasteiger charge is -2.11. The molecule has 100 valence electrons. The molecule has 0 saturated heterocycles. The van der Waals surface area contributed by atoms with Gasteiger partial charge in [0.2, 0.25) is 12.7 Å². The molecule has 18 heavy (non-hydrogen) atoms. The van der Waals surface area contributed by atoms with Gasteiger partial charge in [0.1, 0.15) is 0 Å². The monoisotopic (exact) mass is 272 g/mol. The van der Waals surface area contributed by atoms with Crippen molar-refractivity contribution in [1.29, 1.82) is 0 Å². The molecule has 1 heterocycles. The number of para-hydroxylation sites is 1. The molecule has 2 rings (SSSR count). The minimum absolute atomic E-state index is 0. The van der Waals surface area contributed by atoms with Crippen molar-refractivity contribution in [3.63, 3.8) is 0 Å². The van der Waals surface area contributed by atoms with Gasteiger partial charge in [-0.1, -0.05) is 19.1 Å². The summed E-state index contributed by atoms with van der Waals surface area (Å²) in [6, 6.07) is 5.62. The molecule has 1 aliphatic rings. The summed E-state index contributed by atoms with van der Waals surface area (Å²) in [6.45, 7) is 2.80. The Kier molecular flexibility index (Phi) is 5.25. The Hall–Kier alpha value is -1.46. The largest absolute Gasteiger partial charge is 0.454 e. The average molecular weight is 273 g/mol. The van der Waals surface area contributed by atoms with Crippen LogP contribution >= 0.6 is 12.4 Å². The highest BCUT2D eigenvalue weighted by Crippen LogP contribution is 2.35. The van der Waals surface area contributed by atoms with Gasteiger partial charge in [-0.3, -0.25) is 4.79 Å². The molecule has 5 nitrogen and oxygen atoms in total. The number of nitrogens with two attached hydrogens (primary N) is 1. The highest BCUT2D eigenvalue weighted by atomic mass is 35.5. The zero-order chi connectivity index (χ0) is 12.3. The number of halogens is 1. The normalized spacial score (nSPS) is 13.7. The average Bonchev–Trinajstić information content (AvgIpc) is 2.83. The van der Waals surface area contributed by atoms with Crippen molar-refractivity contribution in [1.82, 2.24) is 5.32 Å². The second kappa shape index (κ2) is 6.47. The van der Waals surface area contributed by atoms with E-state index >= 15 is 0 Å². The number of carbonyl (C=O) groups excluding carboxylic acids is 1. The van der Waals surface area contributed by atoms with Crippen LogP contribution in [0.2, 0.25) is 0 Å². The first-order valence-electron chi connectivity index (χ1n) is 5.57. The number of ether oxygens (including phenoxy) is 2. The Balaban J connectivity index is 0.00000162. The molecule has 3 N–H and O–H groups in total. The molecule has 0 fully saturated rings. The molecule has 1 atom stereocenters. The zero-order valence-corrected chi connectivity index (χ0v) is 11.0. The summed E-state index contributed by atoms with van der Waals surface area (Å²) in [5, 5.41) is 2.82. The SMILES string of the molecule is CC(CN)C(=O)NCc1cccc2c1OCO2.Cl. The fourth-order valence-corrected chi connectivity index (χ4v) is 1.59. The summed E-state index contributed by atoms with van der Waals surface area (Å²) in [4.78, 5) is 11.6. The van der Waals surface area contributed by atoms with Crippen LogP contribution in [-0.4, -0.2) is 19.2 Å². The van der Waals surface area contributed by atoms with Crippen molar-refractivity contribution in [2.75, 3.05) is 13.3 Å². The predicted molar refractivity (Wildman–Crippen MR) is 69.9 cm³/mol. The van der Waals surface area contributed by atoms with Crippen LogP contribution in [-0.2, 0) is 11.3 Å². The lowest BCUT2D eigenvalue weighted by atomic mass is 10.1. The van der Waals surface area contributed by atoms with E-state index in [0.717, 1.165) is 11.3 Å². The Bertz CT molecular complexity index is 426. The number of fused-ring (bicyclic) bond motifs is 1. The topological polar surface area (TPSA) is 73.6 Å². The quantitative estimate of drug-likeness (QED) is 0.859. The number of nitrogens with one attached hydrogen (secondary N) is 1. The zero-order valence-electron chi connectivity index (χ0n) is 10.1. The van der Waals surface area contributed by atoms with Gasteiger partial charge >= 0.3 is 0 Å². The molecule has 0 spiro atoms. The number of benzene rings is 1. The van der Waals surface area contributed by atoms with Crippen molar-refractivity contribution in [2.24, 2.45) is 11.7 Å². The third-order valence-corrected chi connectivity index (χ3v) is 2.73. The summed E-state index contributed by atoms with van der Waals surface area (Å²) in [5.74, 6) is 1.21. The molecule has 6 heteroatoms. The first-order valence-corrected chi connectivity index (χ1v) is 5.57. The van der Waals surface area contributed by atoms with Gasteiger partial charge in [-0.2, -0.15) is 0 Å². The van der Waals surface area contributed by atoms with E-state index in [1.807, 2.05) is 18.2 Å². The fraction of sp³-hybridized carbons (Fsp3) is 0.417. The molecule has 1 aromatic rings. The second-order valence-electron chi connectivity index (χ2n) is 4.01. The number of hydrogen-bond donors (Lipinski definition) is 2. The smallest absolute Gasteiger partial charge is 0.231 e. The van der Waals surface area contributed by atoms with Gasteiger partial charge in [0, 0.05) is 24.6 Å². The van der Waals surface area contributed by atoms with Gasteiger partial charge in [-0.05, 0) is 6.07 Å². The number of carbonyl (C=O) groups is 1. The van der Waals surface area contributed by atoms with Crippen LogP contribution in [0.4, 0.5) is 0 Å². The van der Waals surface area contributed by atoms with E-state index in [9.17, 15) is 4.79 Å². The molecule has 1 unspecified atom stereocenters. The van der Waals surface area contributed by atoms with E-state index < -0.39 is 0 Å². The van der Waals surface area contributed by atoms with E-state index in [1.54, 1.807) is 6.92 Å². The lowest BCUT2D eigenvalue weighted by molar-refractivity contribution is -0.124. The number of hydrogen-bond acceptors (Lipinski definition) is 4. The predicted octanol–water partition coefficient (Wildman–Crippen LogP) is 1.05. The van der Waals surface area contributed by atoms with Crippen molar-refractivity contribution >= 4 is 18.3 Å². The maximum Gasteiger partial charge on any atom is 0.231 e. The van der Waals surface area contributed by atoms with Gasteiger partial charge < -0.3 is 20.5 Å². The van der Waals surface area contributed by atoms with E-state index in [0.29, 0.717) is 18.8 Å². The van der Waals surface area contributed by atoms with E-state index in [4.69, 9.17) is 15.2 Å². The van der Waals surface area contributed by atoms with Gasteiger partial charge in [-0.15, -0.1) is 12.4 Å². The molecule has 0 aliphatic carbocycles. The van der Waals surface area contributed by atoms with Crippen LogP contribution in [0.1, 0.15) is 12.5 Å². The van der Waals surface area contributed by atoms with Crippen LogP contribution < -0.4 is 20.5 Å². The summed E-state index contributed by atoms with van der Waals surface area (Å²) in [6.07, 6.45) is 0. The molecule has 0 saturated carbocycles. The van der Waals surface area contributed by atoms with E-state index in [-0.39, 0.29) is 31.0 Å². The van der Waals surface area contributed by atoms with Gasteiger partial charge in [0.05, 0.1) is 0 Å². The number of rotatable bonds is 4. The lowest BCUT2D eigenvalue weighted by Crippen LogP contribution is -2.32. The van der Waals surface area contributed by atoms with Gasteiger partial charge in [0.15, 0.2) is 11.5 Å². The van der Waals surface area contributed by atoms with Gasteiger partial charge in [0.25, 0.3) is 0 Å². The van der Waals surface area contributed by atoms with E-state index in [2.05, 4.69) is 5.32 Å². The summed E-state index contributed by atoms with van der Waals surface area (Å²) < 4.78 is 10.6. The minimum Gasteiger partial charge on any atom is -0.454 e. The van der Waals surface area contributed by atoms with Crippen molar-refractivity contribution < 1.29 is 14.3 Å². The highest BCUT2D eigenvalue weighted by molar-refractivity contribution is 5.85. The van der Waals surface area contributed by atoms with Crippen LogP contribution in [0.25, 0.3) is 0 Å². The third-order valence-electron chi connectivity index (χ3n) is 2.73. The molecule has 1 aromatic carbocycles. The summed E-state index contributed by atoms with van der Waals surface area (Å²) >= 11 is 0. The first kappa shape index (κ1) is 14.6. The second-order valence-corrected chi connectivity index (χ2v) is 4.01. The molecule has 1 aliphatic heterocycles. The number of amides is 1. The maximum absolute atomic E-state index is 11.6. The van der Waals surface area contributed by atoms with Crippen LogP contribution in [0.5, 0.6) is 11.5 Å². The Morgan fingerprint density at radius 3 is 3.00 bits per heavy atom. The first-order chi connectivity index (χ1) is 8.22. The molecular formula is C12H17ClN2O3. The molecular weight excluding hydrogens is 256 g/mol.